The lowest BCUT2D eigenvalue weighted by molar-refractivity contribution is -0.117. The molecule has 2 aromatic carbocycles. The molecular weight excluding hydrogens is 328 g/mol. The standard InChI is InChI=1S/C17H17BrN2O/c1-10-7-14(18)16(9-15(10)19)20-17(21)13-8-12(13)11-5-3-2-4-6-11/h2-7,9,12-13H,8,19H2,1H3,(H,20,21). The van der Waals surface area contributed by atoms with Gasteiger partial charge in [0.15, 0.2) is 0 Å². The maximum Gasteiger partial charge on any atom is 0.228 e. The lowest BCUT2D eigenvalue weighted by Gasteiger charge is -2.10. The number of carbonyl (C=O) groups is 1. The minimum atomic E-state index is 0.0572. The average Bonchev–Trinajstić information content (AvgIpc) is 3.26. The molecule has 3 rings (SSSR count). The van der Waals surface area contributed by atoms with E-state index in [4.69, 9.17) is 5.73 Å². The number of aryl methyl sites for hydroxylation is 1. The van der Waals surface area contributed by atoms with E-state index in [1.165, 1.54) is 5.56 Å². The van der Waals surface area contributed by atoms with Gasteiger partial charge in [0, 0.05) is 16.1 Å². The van der Waals surface area contributed by atoms with E-state index >= 15 is 0 Å². The van der Waals surface area contributed by atoms with Gasteiger partial charge in [-0.3, -0.25) is 4.79 Å². The molecule has 1 saturated carbocycles. The highest BCUT2D eigenvalue weighted by atomic mass is 79.9. The second kappa shape index (κ2) is 5.53. The van der Waals surface area contributed by atoms with Crippen molar-refractivity contribution in [3.63, 3.8) is 0 Å². The molecule has 108 valence electrons. The smallest absolute Gasteiger partial charge is 0.228 e. The van der Waals surface area contributed by atoms with E-state index in [0.717, 1.165) is 22.1 Å². The van der Waals surface area contributed by atoms with E-state index in [9.17, 15) is 4.79 Å². The van der Waals surface area contributed by atoms with Crippen LogP contribution in [-0.2, 0) is 4.79 Å². The number of hydrogen-bond donors (Lipinski definition) is 2. The zero-order valence-electron chi connectivity index (χ0n) is 11.8. The van der Waals surface area contributed by atoms with Gasteiger partial charge < -0.3 is 11.1 Å². The van der Waals surface area contributed by atoms with E-state index in [1.807, 2.05) is 31.2 Å². The summed E-state index contributed by atoms with van der Waals surface area (Å²) in [7, 11) is 0. The molecule has 0 saturated heterocycles. The first kappa shape index (κ1) is 14.1. The van der Waals surface area contributed by atoms with Crippen molar-refractivity contribution in [1.29, 1.82) is 0 Å². The number of nitrogens with two attached hydrogens (primary N) is 1. The van der Waals surface area contributed by atoms with Gasteiger partial charge in [-0.25, -0.2) is 0 Å². The Kier molecular flexibility index (Phi) is 3.72. The number of rotatable bonds is 3. The molecule has 0 aliphatic heterocycles. The van der Waals surface area contributed by atoms with Crippen LogP contribution in [0.4, 0.5) is 11.4 Å². The van der Waals surface area contributed by atoms with Crippen LogP contribution in [0.25, 0.3) is 0 Å². The molecule has 1 aliphatic rings. The number of nitrogens with one attached hydrogen (secondary N) is 1. The summed E-state index contributed by atoms with van der Waals surface area (Å²) in [5.74, 6) is 0.461. The maximum atomic E-state index is 12.3. The third kappa shape index (κ3) is 2.95. The molecule has 4 heteroatoms. The topological polar surface area (TPSA) is 55.1 Å². The van der Waals surface area contributed by atoms with Crippen LogP contribution in [0.15, 0.2) is 46.9 Å². The number of amides is 1. The maximum absolute atomic E-state index is 12.3. The van der Waals surface area contributed by atoms with Gasteiger partial charge in [0.2, 0.25) is 5.91 Å². The Morgan fingerprint density at radius 1 is 1.29 bits per heavy atom. The zero-order chi connectivity index (χ0) is 15.0. The molecule has 1 fully saturated rings. The van der Waals surface area contributed by atoms with Crippen molar-refractivity contribution in [3.8, 4) is 0 Å². The van der Waals surface area contributed by atoms with Gasteiger partial charge in [-0.1, -0.05) is 30.3 Å². The molecular formula is C17H17BrN2O. The highest BCUT2D eigenvalue weighted by Gasteiger charge is 2.43. The van der Waals surface area contributed by atoms with Crippen LogP contribution in [0.5, 0.6) is 0 Å². The Hall–Kier alpha value is -1.81. The van der Waals surface area contributed by atoms with Gasteiger partial charge in [-0.2, -0.15) is 0 Å². The van der Waals surface area contributed by atoms with E-state index < -0.39 is 0 Å². The fourth-order valence-corrected chi connectivity index (χ4v) is 3.12. The first-order valence-corrected chi connectivity index (χ1v) is 7.77. The number of hydrogen-bond acceptors (Lipinski definition) is 2. The van der Waals surface area contributed by atoms with Crippen molar-refractivity contribution in [3.05, 3.63) is 58.1 Å². The molecule has 0 heterocycles. The SMILES string of the molecule is Cc1cc(Br)c(NC(=O)C2CC2c2ccccc2)cc1N. The van der Waals surface area contributed by atoms with Gasteiger partial charge in [0.25, 0.3) is 0 Å². The molecule has 0 aromatic heterocycles. The van der Waals surface area contributed by atoms with Crippen molar-refractivity contribution in [2.75, 3.05) is 11.1 Å². The Morgan fingerprint density at radius 2 is 2.00 bits per heavy atom. The summed E-state index contributed by atoms with van der Waals surface area (Å²) in [6.45, 7) is 1.94. The number of benzene rings is 2. The van der Waals surface area contributed by atoms with E-state index in [0.29, 0.717) is 11.6 Å². The number of anilines is 2. The summed E-state index contributed by atoms with van der Waals surface area (Å²) < 4.78 is 0.861. The normalized spacial score (nSPS) is 20.1. The molecule has 3 N–H and O–H groups in total. The van der Waals surface area contributed by atoms with Crippen LogP contribution >= 0.6 is 15.9 Å². The largest absolute Gasteiger partial charge is 0.398 e. The molecule has 2 unspecified atom stereocenters. The third-order valence-corrected chi connectivity index (χ3v) is 4.62. The summed E-state index contributed by atoms with van der Waals surface area (Å²) >= 11 is 3.47. The van der Waals surface area contributed by atoms with E-state index in [1.54, 1.807) is 6.07 Å². The molecule has 3 nitrogen and oxygen atoms in total. The second-order valence-electron chi connectivity index (χ2n) is 5.54. The number of halogens is 1. The summed E-state index contributed by atoms with van der Waals surface area (Å²) in [5.41, 5.74) is 9.56. The molecule has 21 heavy (non-hydrogen) atoms. The number of nitrogen functional groups attached to an aromatic ring is 1. The quantitative estimate of drug-likeness (QED) is 0.824. The summed E-state index contributed by atoms with van der Waals surface area (Å²) in [5, 5.41) is 2.97. The van der Waals surface area contributed by atoms with Crippen molar-refractivity contribution in [2.45, 2.75) is 19.3 Å². The van der Waals surface area contributed by atoms with Gasteiger partial charge in [0.1, 0.15) is 0 Å². The van der Waals surface area contributed by atoms with Crippen LogP contribution in [0.3, 0.4) is 0 Å². The van der Waals surface area contributed by atoms with Gasteiger partial charge >= 0.3 is 0 Å². The Bertz CT molecular complexity index is 685. The summed E-state index contributed by atoms with van der Waals surface area (Å²) in [6.07, 6.45) is 0.912. The lowest BCUT2D eigenvalue weighted by Crippen LogP contribution is -2.15. The minimum absolute atomic E-state index is 0.0572. The predicted molar refractivity (Wildman–Crippen MR) is 89.2 cm³/mol. The van der Waals surface area contributed by atoms with E-state index in [-0.39, 0.29) is 11.8 Å². The Morgan fingerprint density at radius 3 is 2.71 bits per heavy atom. The van der Waals surface area contributed by atoms with Crippen molar-refractivity contribution < 1.29 is 4.79 Å². The summed E-state index contributed by atoms with van der Waals surface area (Å²) in [4.78, 5) is 12.3. The fraction of sp³-hybridized carbons (Fsp3) is 0.235. The Labute approximate surface area is 132 Å². The average molecular weight is 345 g/mol. The van der Waals surface area contributed by atoms with Crippen LogP contribution in [0.2, 0.25) is 0 Å². The van der Waals surface area contributed by atoms with E-state index in [2.05, 4.69) is 33.4 Å². The molecule has 1 aliphatic carbocycles. The van der Waals surface area contributed by atoms with Gasteiger partial charge in [-0.15, -0.1) is 0 Å². The van der Waals surface area contributed by atoms with Crippen molar-refractivity contribution in [1.82, 2.24) is 0 Å². The number of carbonyl (C=O) groups excluding carboxylic acids is 1. The first-order chi connectivity index (χ1) is 10.1. The highest BCUT2D eigenvalue weighted by Crippen LogP contribution is 2.48. The molecule has 0 spiro atoms. The molecule has 2 atom stereocenters. The fourth-order valence-electron chi connectivity index (χ4n) is 2.56. The molecule has 2 aromatic rings. The van der Waals surface area contributed by atoms with Gasteiger partial charge in [-0.05, 0) is 58.5 Å². The van der Waals surface area contributed by atoms with Crippen LogP contribution in [-0.4, -0.2) is 5.91 Å². The predicted octanol–water partition coefficient (Wildman–Crippen LogP) is 4.08. The molecule has 0 bridgehead atoms. The zero-order valence-corrected chi connectivity index (χ0v) is 13.4. The molecule has 1 amide bonds. The van der Waals surface area contributed by atoms with Gasteiger partial charge in [0.05, 0.1) is 5.69 Å². The Balaban J connectivity index is 1.70. The summed E-state index contributed by atoms with van der Waals surface area (Å²) in [6, 6.07) is 13.9. The highest BCUT2D eigenvalue weighted by molar-refractivity contribution is 9.10. The first-order valence-electron chi connectivity index (χ1n) is 6.97. The van der Waals surface area contributed by atoms with Crippen LogP contribution in [0.1, 0.15) is 23.5 Å². The van der Waals surface area contributed by atoms with Crippen LogP contribution < -0.4 is 11.1 Å². The lowest BCUT2D eigenvalue weighted by atomic mass is 10.1. The third-order valence-electron chi connectivity index (χ3n) is 3.97. The second-order valence-corrected chi connectivity index (χ2v) is 6.39. The van der Waals surface area contributed by atoms with Crippen molar-refractivity contribution in [2.24, 2.45) is 5.92 Å². The monoisotopic (exact) mass is 344 g/mol. The van der Waals surface area contributed by atoms with Crippen LogP contribution in [0, 0.1) is 12.8 Å². The van der Waals surface area contributed by atoms with Crippen molar-refractivity contribution >= 4 is 33.2 Å². The molecule has 0 radical (unpaired) electrons. The minimum Gasteiger partial charge on any atom is -0.398 e.